The Labute approximate surface area is 134 Å². The summed E-state index contributed by atoms with van der Waals surface area (Å²) in [6.07, 6.45) is 0.946. The molecule has 0 heterocycles. The van der Waals surface area contributed by atoms with Crippen LogP contribution in [0.25, 0.3) is 0 Å². The third-order valence-electron chi connectivity index (χ3n) is 3.19. The van der Waals surface area contributed by atoms with E-state index in [1.54, 1.807) is 6.07 Å². The van der Waals surface area contributed by atoms with E-state index >= 15 is 0 Å². The van der Waals surface area contributed by atoms with E-state index in [-0.39, 0.29) is 6.04 Å². The van der Waals surface area contributed by atoms with Gasteiger partial charge in [-0.2, -0.15) is 0 Å². The van der Waals surface area contributed by atoms with Crippen molar-refractivity contribution < 1.29 is 0 Å². The molecule has 0 bridgehead atoms. The van der Waals surface area contributed by atoms with E-state index in [1.807, 2.05) is 30.3 Å². The molecule has 4 heteroatoms. The van der Waals surface area contributed by atoms with Gasteiger partial charge in [0.25, 0.3) is 0 Å². The first-order valence-corrected chi connectivity index (χ1v) is 7.66. The van der Waals surface area contributed by atoms with Gasteiger partial charge in [-0.15, -0.1) is 0 Å². The molecule has 0 saturated heterocycles. The molecule has 20 heavy (non-hydrogen) atoms. The van der Waals surface area contributed by atoms with Crippen LogP contribution in [0.5, 0.6) is 0 Å². The normalized spacial score (nSPS) is 12.4. The second kappa shape index (κ2) is 7.33. The summed E-state index contributed by atoms with van der Waals surface area (Å²) < 4.78 is 0. The van der Waals surface area contributed by atoms with E-state index < -0.39 is 0 Å². The van der Waals surface area contributed by atoms with Crippen LogP contribution in [0.15, 0.2) is 42.5 Å². The van der Waals surface area contributed by atoms with Crippen LogP contribution < -0.4 is 5.32 Å². The molecule has 0 aliphatic heterocycles. The molecule has 0 radical (unpaired) electrons. The van der Waals surface area contributed by atoms with E-state index in [0.717, 1.165) is 29.1 Å². The summed E-state index contributed by atoms with van der Waals surface area (Å²) in [5.74, 6) is 0. The molecular formula is C16H16Cl3N. The van der Waals surface area contributed by atoms with Gasteiger partial charge in [0.05, 0.1) is 0 Å². The highest BCUT2D eigenvalue weighted by atomic mass is 35.5. The topological polar surface area (TPSA) is 12.0 Å². The van der Waals surface area contributed by atoms with Gasteiger partial charge in [0, 0.05) is 27.7 Å². The molecule has 2 aromatic rings. The molecule has 0 aromatic heterocycles. The van der Waals surface area contributed by atoms with Crippen LogP contribution >= 0.6 is 34.8 Å². The van der Waals surface area contributed by atoms with Gasteiger partial charge in [-0.3, -0.25) is 0 Å². The summed E-state index contributed by atoms with van der Waals surface area (Å²) in [5, 5.41) is 5.61. The van der Waals surface area contributed by atoms with E-state index in [4.69, 9.17) is 34.8 Å². The molecule has 0 aliphatic rings. The number of benzene rings is 2. The Hall–Kier alpha value is -0.730. The van der Waals surface area contributed by atoms with Crippen LogP contribution in [0.4, 0.5) is 0 Å². The lowest BCUT2D eigenvalue weighted by molar-refractivity contribution is 0.519. The summed E-state index contributed by atoms with van der Waals surface area (Å²) in [6, 6.07) is 13.7. The fourth-order valence-electron chi connectivity index (χ4n) is 2.15. The largest absolute Gasteiger partial charge is 0.306 e. The molecular weight excluding hydrogens is 313 g/mol. The van der Waals surface area contributed by atoms with Gasteiger partial charge in [0.2, 0.25) is 0 Å². The Bertz CT molecular complexity index is 584. The standard InChI is InChI=1S/C16H16Cl3N/c1-2-16(14-7-6-13(18)9-15(14)19)20-10-11-4-3-5-12(17)8-11/h3-9,16,20H,2,10H2,1H3. The summed E-state index contributed by atoms with van der Waals surface area (Å²) in [7, 11) is 0. The highest BCUT2D eigenvalue weighted by Gasteiger charge is 2.12. The minimum absolute atomic E-state index is 0.193. The maximum atomic E-state index is 6.26. The van der Waals surface area contributed by atoms with Crippen LogP contribution in [0.1, 0.15) is 30.5 Å². The SMILES string of the molecule is CCC(NCc1cccc(Cl)c1)c1ccc(Cl)cc1Cl. The van der Waals surface area contributed by atoms with Gasteiger partial charge in [0.1, 0.15) is 0 Å². The molecule has 1 N–H and O–H groups in total. The summed E-state index contributed by atoms with van der Waals surface area (Å²) in [4.78, 5) is 0. The maximum absolute atomic E-state index is 6.26. The number of nitrogens with one attached hydrogen (secondary N) is 1. The summed E-state index contributed by atoms with van der Waals surface area (Å²) in [5.41, 5.74) is 2.22. The van der Waals surface area contributed by atoms with Crippen LogP contribution in [0, 0.1) is 0 Å². The van der Waals surface area contributed by atoms with Crippen LogP contribution in [-0.4, -0.2) is 0 Å². The van der Waals surface area contributed by atoms with Crippen LogP contribution in [-0.2, 0) is 6.54 Å². The maximum Gasteiger partial charge on any atom is 0.0468 e. The Morgan fingerprint density at radius 1 is 1.00 bits per heavy atom. The average molecular weight is 329 g/mol. The summed E-state index contributed by atoms with van der Waals surface area (Å²) >= 11 is 18.2. The molecule has 106 valence electrons. The van der Waals surface area contributed by atoms with Crippen molar-refractivity contribution in [1.29, 1.82) is 0 Å². The highest BCUT2D eigenvalue weighted by Crippen LogP contribution is 2.28. The molecule has 2 rings (SSSR count). The quantitative estimate of drug-likeness (QED) is 0.722. The average Bonchev–Trinajstić information content (AvgIpc) is 2.41. The second-order valence-electron chi connectivity index (χ2n) is 4.64. The number of halogens is 3. The molecule has 1 unspecified atom stereocenters. The molecule has 0 aliphatic carbocycles. The molecule has 2 aromatic carbocycles. The van der Waals surface area contributed by atoms with Gasteiger partial charge in [-0.05, 0) is 41.8 Å². The Morgan fingerprint density at radius 2 is 1.75 bits per heavy atom. The first kappa shape index (κ1) is 15.7. The third kappa shape index (κ3) is 4.13. The number of rotatable bonds is 5. The molecule has 1 nitrogen and oxygen atoms in total. The lowest BCUT2D eigenvalue weighted by atomic mass is 10.0. The predicted octanol–water partition coefficient (Wildman–Crippen LogP) is 5.89. The number of hydrogen-bond acceptors (Lipinski definition) is 1. The fourth-order valence-corrected chi connectivity index (χ4v) is 2.90. The van der Waals surface area contributed by atoms with Crippen LogP contribution in [0.3, 0.4) is 0 Å². The molecule has 1 atom stereocenters. The zero-order chi connectivity index (χ0) is 14.5. The second-order valence-corrected chi connectivity index (χ2v) is 5.92. The van der Waals surface area contributed by atoms with Crippen LogP contribution in [0.2, 0.25) is 15.1 Å². The Balaban J connectivity index is 2.09. The van der Waals surface area contributed by atoms with Gasteiger partial charge in [0.15, 0.2) is 0 Å². The van der Waals surface area contributed by atoms with E-state index in [9.17, 15) is 0 Å². The summed E-state index contributed by atoms with van der Waals surface area (Å²) in [6.45, 7) is 2.87. The molecule has 0 amide bonds. The zero-order valence-corrected chi connectivity index (χ0v) is 13.4. The molecule has 0 saturated carbocycles. The Kier molecular flexibility index (Phi) is 5.74. The first-order chi connectivity index (χ1) is 9.60. The van der Waals surface area contributed by atoms with Gasteiger partial charge in [-0.25, -0.2) is 0 Å². The van der Waals surface area contributed by atoms with Gasteiger partial charge in [-0.1, -0.05) is 59.9 Å². The molecule has 0 fully saturated rings. The minimum Gasteiger partial charge on any atom is -0.306 e. The first-order valence-electron chi connectivity index (χ1n) is 6.53. The minimum atomic E-state index is 0.193. The van der Waals surface area contributed by atoms with Crippen molar-refractivity contribution in [2.45, 2.75) is 25.9 Å². The van der Waals surface area contributed by atoms with Gasteiger partial charge < -0.3 is 5.32 Å². The van der Waals surface area contributed by atoms with Crippen molar-refractivity contribution in [3.63, 3.8) is 0 Å². The lowest BCUT2D eigenvalue weighted by Gasteiger charge is -2.19. The fraction of sp³-hybridized carbons (Fsp3) is 0.250. The number of hydrogen-bond donors (Lipinski definition) is 1. The van der Waals surface area contributed by atoms with Crippen molar-refractivity contribution in [2.75, 3.05) is 0 Å². The van der Waals surface area contributed by atoms with E-state index in [2.05, 4.69) is 18.3 Å². The lowest BCUT2D eigenvalue weighted by Crippen LogP contribution is -2.20. The van der Waals surface area contributed by atoms with Gasteiger partial charge >= 0.3 is 0 Å². The predicted molar refractivity (Wildman–Crippen MR) is 87.8 cm³/mol. The van der Waals surface area contributed by atoms with E-state index in [1.165, 1.54) is 0 Å². The monoisotopic (exact) mass is 327 g/mol. The zero-order valence-electron chi connectivity index (χ0n) is 11.2. The van der Waals surface area contributed by atoms with Crippen molar-refractivity contribution in [3.05, 3.63) is 68.7 Å². The van der Waals surface area contributed by atoms with Crippen molar-refractivity contribution >= 4 is 34.8 Å². The third-order valence-corrected chi connectivity index (χ3v) is 3.99. The smallest absolute Gasteiger partial charge is 0.0468 e. The van der Waals surface area contributed by atoms with Crippen molar-refractivity contribution in [3.8, 4) is 0 Å². The Morgan fingerprint density at radius 3 is 2.40 bits per heavy atom. The highest BCUT2D eigenvalue weighted by molar-refractivity contribution is 6.35. The molecule has 0 spiro atoms. The van der Waals surface area contributed by atoms with E-state index in [0.29, 0.717) is 10.0 Å². The van der Waals surface area contributed by atoms with Crippen molar-refractivity contribution in [2.24, 2.45) is 0 Å². The van der Waals surface area contributed by atoms with Crippen molar-refractivity contribution in [1.82, 2.24) is 5.32 Å².